The lowest BCUT2D eigenvalue weighted by molar-refractivity contribution is -0.119. The van der Waals surface area contributed by atoms with Gasteiger partial charge in [-0.3, -0.25) is 14.5 Å². The van der Waals surface area contributed by atoms with Gasteiger partial charge in [-0.15, -0.1) is 0 Å². The average Bonchev–Trinajstić information content (AvgIpc) is 2.82. The van der Waals surface area contributed by atoms with Crippen LogP contribution in [0.5, 0.6) is 17.2 Å². The maximum Gasteiger partial charge on any atom is 0.232 e. The summed E-state index contributed by atoms with van der Waals surface area (Å²) in [5.74, 6) is 1.36. The number of Topliss-reactive ketones (excluding diaryl/α,β-unsaturated/α-hetero) is 1. The molecule has 0 N–H and O–H groups in total. The first-order chi connectivity index (χ1) is 15.5. The molecule has 0 aromatic heterocycles. The highest BCUT2D eigenvalue weighted by molar-refractivity contribution is 6.08. The van der Waals surface area contributed by atoms with Crippen molar-refractivity contribution in [2.45, 2.75) is 44.9 Å². The summed E-state index contributed by atoms with van der Waals surface area (Å²) in [5, 5.41) is 0. The molecule has 6 heteroatoms. The third-order valence-electron chi connectivity index (χ3n) is 6.40. The van der Waals surface area contributed by atoms with Gasteiger partial charge in [0.1, 0.15) is 5.75 Å². The van der Waals surface area contributed by atoms with Gasteiger partial charge in [0.15, 0.2) is 17.3 Å². The molecule has 0 radical (unpaired) electrons. The Kier molecular flexibility index (Phi) is 6.21. The molecule has 1 heterocycles. The maximum atomic E-state index is 13.6. The van der Waals surface area contributed by atoms with E-state index in [2.05, 4.69) is 6.92 Å². The molecule has 1 aliphatic carbocycles. The third-order valence-corrected chi connectivity index (χ3v) is 6.40. The van der Waals surface area contributed by atoms with E-state index in [1.807, 2.05) is 30.3 Å². The number of amides is 1. The molecule has 0 saturated carbocycles. The smallest absolute Gasteiger partial charge is 0.232 e. The van der Waals surface area contributed by atoms with Crippen molar-refractivity contribution in [1.82, 2.24) is 0 Å². The number of anilines is 1. The number of hydrogen-bond donors (Lipinski definition) is 0. The van der Waals surface area contributed by atoms with Crippen LogP contribution in [0.2, 0.25) is 0 Å². The number of rotatable bonds is 6. The van der Waals surface area contributed by atoms with Crippen LogP contribution in [-0.2, 0) is 16.0 Å². The minimum absolute atomic E-state index is 0.0128. The number of carbonyl (C=O) groups is 2. The minimum Gasteiger partial charge on any atom is -0.496 e. The van der Waals surface area contributed by atoms with Gasteiger partial charge in [0.25, 0.3) is 0 Å². The van der Waals surface area contributed by atoms with Gasteiger partial charge in [0.2, 0.25) is 5.91 Å². The summed E-state index contributed by atoms with van der Waals surface area (Å²) >= 11 is 0. The molecule has 0 bridgehead atoms. The Hall–Kier alpha value is -3.28. The summed E-state index contributed by atoms with van der Waals surface area (Å²) in [4.78, 5) is 28.6. The van der Waals surface area contributed by atoms with Crippen LogP contribution in [0.3, 0.4) is 0 Å². The molecule has 168 valence electrons. The van der Waals surface area contributed by atoms with E-state index in [-0.39, 0.29) is 24.0 Å². The largest absolute Gasteiger partial charge is 0.496 e. The highest BCUT2D eigenvalue weighted by atomic mass is 16.5. The first kappa shape index (κ1) is 21.9. The van der Waals surface area contributed by atoms with Crippen molar-refractivity contribution in [3.63, 3.8) is 0 Å². The molecule has 2 aromatic rings. The van der Waals surface area contributed by atoms with Crippen molar-refractivity contribution < 1.29 is 23.8 Å². The van der Waals surface area contributed by atoms with Crippen LogP contribution in [0.4, 0.5) is 5.69 Å². The lowest BCUT2D eigenvalue weighted by Gasteiger charge is -2.39. The Morgan fingerprint density at radius 1 is 0.938 bits per heavy atom. The number of allylic oxidation sites excluding steroid dienone is 2. The van der Waals surface area contributed by atoms with E-state index < -0.39 is 0 Å². The standard InChI is InChI=1S/C26H29NO5/c1-5-16-9-6-7-10-19(16)27-20-11-8-12-21(28)26(20)18(14-25(27)29)17-13-23(31-3)24(32-4)15-22(17)30-2/h6-7,9-10,13,15,18H,5,8,11-12,14H2,1-4H3. The van der Waals surface area contributed by atoms with Crippen molar-refractivity contribution in [3.8, 4) is 17.2 Å². The van der Waals surface area contributed by atoms with E-state index in [0.29, 0.717) is 35.7 Å². The molecule has 1 amide bonds. The van der Waals surface area contributed by atoms with Gasteiger partial charge in [-0.05, 0) is 37.0 Å². The summed E-state index contributed by atoms with van der Waals surface area (Å²) in [6, 6.07) is 11.5. The minimum atomic E-state index is -0.384. The second kappa shape index (κ2) is 9.07. The topological polar surface area (TPSA) is 65.1 Å². The molecule has 0 saturated heterocycles. The zero-order chi connectivity index (χ0) is 22.8. The molecule has 0 spiro atoms. The van der Waals surface area contributed by atoms with Crippen molar-refractivity contribution >= 4 is 17.4 Å². The number of para-hydroxylation sites is 1. The number of aryl methyl sites for hydroxylation is 1. The van der Waals surface area contributed by atoms with Gasteiger partial charge in [0.05, 0.1) is 27.0 Å². The highest BCUT2D eigenvalue weighted by Gasteiger charge is 2.41. The Bertz CT molecular complexity index is 1090. The molecule has 2 aliphatic rings. The molecule has 1 unspecified atom stereocenters. The van der Waals surface area contributed by atoms with Crippen molar-refractivity contribution in [2.24, 2.45) is 0 Å². The van der Waals surface area contributed by atoms with Crippen LogP contribution in [-0.4, -0.2) is 33.0 Å². The van der Waals surface area contributed by atoms with Gasteiger partial charge in [-0.2, -0.15) is 0 Å². The monoisotopic (exact) mass is 435 g/mol. The first-order valence-corrected chi connectivity index (χ1v) is 11.0. The van der Waals surface area contributed by atoms with Crippen molar-refractivity contribution in [3.05, 3.63) is 58.8 Å². The molecule has 4 rings (SSSR count). The lowest BCUT2D eigenvalue weighted by atomic mass is 9.76. The van der Waals surface area contributed by atoms with Gasteiger partial charge in [-0.25, -0.2) is 0 Å². The summed E-state index contributed by atoms with van der Waals surface area (Å²) in [5.41, 5.74) is 4.27. The van der Waals surface area contributed by atoms with E-state index in [9.17, 15) is 9.59 Å². The number of carbonyl (C=O) groups excluding carboxylic acids is 2. The predicted octanol–water partition coefficient (Wildman–Crippen LogP) is 4.80. The second-order valence-corrected chi connectivity index (χ2v) is 8.05. The normalized spacial score (nSPS) is 18.5. The Labute approximate surface area is 188 Å². The van der Waals surface area contributed by atoms with Gasteiger partial charge >= 0.3 is 0 Å². The third kappa shape index (κ3) is 3.64. The molecule has 2 aromatic carbocycles. The summed E-state index contributed by atoms with van der Waals surface area (Å²) in [6.45, 7) is 2.08. The van der Waals surface area contributed by atoms with Crippen LogP contribution in [0.15, 0.2) is 47.7 Å². The Morgan fingerprint density at radius 2 is 1.62 bits per heavy atom. The summed E-state index contributed by atoms with van der Waals surface area (Å²) < 4.78 is 16.6. The van der Waals surface area contributed by atoms with Gasteiger partial charge < -0.3 is 14.2 Å². The number of nitrogens with zero attached hydrogens (tertiary/aromatic N) is 1. The van der Waals surface area contributed by atoms with Crippen molar-refractivity contribution in [1.29, 1.82) is 0 Å². The number of ether oxygens (including phenoxy) is 3. The van der Waals surface area contributed by atoms with E-state index in [0.717, 1.165) is 35.4 Å². The summed E-state index contributed by atoms with van der Waals surface area (Å²) in [6.07, 6.45) is 2.92. The zero-order valence-electron chi connectivity index (χ0n) is 19.1. The molecule has 0 fully saturated rings. The molecular formula is C26H29NO5. The quantitative estimate of drug-likeness (QED) is 0.652. The van der Waals surface area contributed by atoms with Gasteiger partial charge in [0, 0.05) is 41.7 Å². The van der Waals surface area contributed by atoms with Crippen LogP contribution in [0.25, 0.3) is 0 Å². The number of ketones is 1. The average molecular weight is 436 g/mol. The zero-order valence-corrected chi connectivity index (χ0v) is 19.1. The van der Waals surface area contributed by atoms with Crippen LogP contribution < -0.4 is 19.1 Å². The summed E-state index contributed by atoms with van der Waals surface area (Å²) in [7, 11) is 4.71. The van der Waals surface area contributed by atoms with Crippen LogP contribution in [0.1, 0.15) is 49.7 Å². The van der Waals surface area contributed by atoms with Gasteiger partial charge in [-0.1, -0.05) is 25.1 Å². The molecular weight excluding hydrogens is 406 g/mol. The van der Waals surface area contributed by atoms with E-state index in [1.165, 1.54) is 0 Å². The lowest BCUT2D eigenvalue weighted by Crippen LogP contribution is -2.41. The fourth-order valence-electron chi connectivity index (χ4n) is 4.89. The van der Waals surface area contributed by atoms with E-state index >= 15 is 0 Å². The van der Waals surface area contributed by atoms with Crippen LogP contribution in [0, 0.1) is 0 Å². The number of methoxy groups -OCH3 is 3. The van der Waals surface area contributed by atoms with Crippen LogP contribution >= 0.6 is 0 Å². The number of benzene rings is 2. The predicted molar refractivity (Wildman–Crippen MR) is 123 cm³/mol. The molecule has 32 heavy (non-hydrogen) atoms. The molecule has 1 aliphatic heterocycles. The molecule has 1 atom stereocenters. The fraction of sp³-hybridized carbons (Fsp3) is 0.385. The Balaban J connectivity index is 1.92. The number of hydrogen-bond acceptors (Lipinski definition) is 5. The highest BCUT2D eigenvalue weighted by Crippen LogP contribution is 2.48. The second-order valence-electron chi connectivity index (χ2n) is 8.05. The fourth-order valence-corrected chi connectivity index (χ4v) is 4.89. The van der Waals surface area contributed by atoms with E-state index in [4.69, 9.17) is 14.2 Å². The van der Waals surface area contributed by atoms with Crippen molar-refractivity contribution in [2.75, 3.05) is 26.2 Å². The SMILES string of the molecule is CCc1ccccc1N1C(=O)CC(c2cc(OC)c(OC)cc2OC)C2=C1CCCC2=O. The first-order valence-electron chi connectivity index (χ1n) is 11.0. The maximum absolute atomic E-state index is 13.6. The Morgan fingerprint density at radius 3 is 2.31 bits per heavy atom. The molecule has 6 nitrogen and oxygen atoms in total. The van der Waals surface area contributed by atoms with E-state index in [1.54, 1.807) is 32.3 Å².